The second kappa shape index (κ2) is 9.57. The highest BCUT2D eigenvalue weighted by atomic mass is 16.1. The van der Waals surface area contributed by atoms with Gasteiger partial charge < -0.3 is 15.5 Å². The zero-order valence-electron chi connectivity index (χ0n) is 17.4. The zero-order valence-corrected chi connectivity index (χ0v) is 17.4. The van der Waals surface area contributed by atoms with Gasteiger partial charge in [-0.05, 0) is 80.9 Å². The normalized spacial score (nSPS) is 10.2. The summed E-state index contributed by atoms with van der Waals surface area (Å²) in [5, 5.41) is 15.1. The Labute approximate surface area is 177 Å². The van der Waals surface area contributed by atoms with Crippen LogP contribution in [0.25, 0.3) is 0 Å². The maximum atomic E-state index is 12.7. The van der Waals surface area contributed by atoms with Crippen LogP contribution in [0, 0.1) is 18.3 Å². The monoisotopic (exact) mass is 399 g/mol. The molecule has 0 aliphatic carbocycles. The average Bonchev–Trinajstić information content (AvgIpc) is 2.77. The van der Waals surface area contributed by atoms with E-state index < -0.39 is 0 Å². The minimum atomic E-state index is -0.267. The Morgan fingerprint density at radius 3 is 2.40 bits per heavy atom. The van der Waals surface area contributed by atoms with Gasteiger partial charge in [-0.1, -0.05) is 0 Å². The van der Waals surface area contributed by atoms with E-state index in [1.807, 2.05) is 31.2 Å². The molecule has 1 heterocycles. The van der Waals surface area contributed by atoms with Crippen molar-refractivity contribution >= 4 is 28.7 Å². The maximum absolute atomic E-state index is 12.7. The lowest BCUT2D eigenvalue weighted by molar-refractivity contribution is 0.102. The minimum absolute atomic E-state index is 0.267. The number of aryl methyl sites for hydroxylation is 1. The van der Waals surface area contributed by atoms with E-state index in [0.29, 0.717) is 11.3 Å². The third-order valence-corrected chi connectivity index (χ3v) is 4.88. The number of nitrogens with zero attached hydrogens (tertiary/aromatic N) is 3. The van der Waals surface area contributed by atoms with Crippen molar-refractivity contribution in [3.63, 3.8) is 0 Å². The first-order valence-electron chi connectivity index (χ1n) is 9.94. The highest BCUT2D eigenvalue weighted by Crippen LogP contribution is 2.23. The standard InChI is InChI=1S/C24H25N5O/c1-4-29(5-2)21-10-11-22(17(3)14-21)28-24(30)23-15-20(12-13-26-23)27-19-8-6-18(16-25)7-9-19/h6-15H,4-5H2,1-3H3,(H,26,27)(H,28,30). The quantitative estimate of drug-likeness (QED) is 0.577. The molecule has 6 nitrogen and oxygen atoms in total. The first-order valence-corrected chi connectivity index (χ1v) is 9.94. The number of amides is 1. The predicted octanol–water partition coefficient (Wildman–Crippen LogP) is 5.10. The van der Waals surface area contributed by atoms with Crippen molar-refractivity contribution in [3.8, 4) is 6.07 Å². The molecule has 1 aromatic heterocycles. The first-order chi connectivity index (χ1) is 14.5. The van der Waals surface area contributed by atoms with Gasteiger partial charge >= 0.3 is 0 Å². The molecule has 0 spiro atoms. The van der Waals surface area contributed by atoms with E-state index in [4.69, 9.17) is 5.26 Å². The molecule has 2 N–H and O–H groups in total. The number of hydrogen-bond donors (Lipinski definition) is 2. The number of hydrogen-bond acceptors (Lipinski definition) is 5. The van der Waals surface area contributed by atoms with Crippen molar-refractivity contribution in [2.24, 2.45) is 0 Å². The lowest BCUT2D eigenvalue weighted by atomic mass is 10.1. The smallest absolute Gasteiger partial charge is 0.274 e. The Kier molecular flexibility index (Phi) is 6.66. The number of nitrogens with one attached hydrogen (secondary N) is 2. The van der Waals surface area contributed by atoms with Gasteiger partial charge in [-0.2, -0.15) is 5.26 Å². The predicted molar refractivity (Wildman–Crippen MR) is 121 cm³/mol. The van der Waals surface area contributed by atoms with E-state index in [0.717, 1.165) is 41.4 Å². The third-order valence-electron chi connectivity index (χ3n) is 4.88. The maximum Gasteiger partial charge on any atom is 0.274 e. The summed E-state index contributed by atoms with van der Waals surface area (Å²) in [6.45, 7) is 8.10. The van der Waals surface area contributed by atoms with Crippen LogP contribution in [0.15, 0.2) is 60.8 Å². The molecule has 0 fully saturated rings. The van der Waals surface area contributed by atoms with Crippen LogP contribution < -0.4 is 15.5 Å². The summed E-state index contributed by atoms with van der Waals surface area (Å²) in [7, 11) is 0. The molecule has 0 saturated carbocycles. The molecule has 6 heteroatoms. The van der Waals surface area contributed by atoms with E-state index in [9.17, 15) is 4.79 Å². The van der Waals surface area contributed by atoms with Gasteiger partial charge in [0.25, 0.3) is 5.91 Å². The zero-order chi connectivity index (χ0) is 21.5. The molecular weight excluding hydrogens is 374 g/mol. The number of aromatic nitrogens is 1. The number of rotatable bonds is 7. The van der Waals surface area contributed by atoms with E-state index in [1.165, 1.54) is 0 Å². The average molecular weight is 399 g/mol. The van der Waals surface area contributed by atoms with Gasteiger partial charge in [0.1, 0.15) is 5.69 Å². The van der Waals surface area contributed by atoms with Crippen LogP contribution in [0.5, 0.6) is 0 Å². The molecule has 3 rings (SSSR count). The van der Waals surface area contributed by atoms with E-state index in [1.54, 1.807) is 30.5 Å². The van der Waals surface area contributed by atoms with Crippen LogP contribution in [-0.4, -0.2) is 24.0 Å². The van der Waals surface area contributed by atoms with Crippen LogP contribution in [0.4, 0.5) is 22.7 Å². The van der Waals surface area contributed by atoms with Crippen molar-refractivity contribution < 1.29 is 4.79 Å². The summed E-state index contributed by atoms with van der Waals surface area (Å²) in [4.78, 5) is 19.2. The van der Waals surface area contributed by atoms with Crippen molar-refractivity contribution in [2.75, 3.05) is 28.6 Å². The molecule has 0 atom stereocenters. The lowest BCUT2D eigenvalue weighted by Gasteiger charge is -2.22. The first kappa shape index (κ1) is 20.9. The molecule has 0 bridgehead atoms. The number of anilines is 4. The van der Waals surface area contributed by atoms with Crippen LogP contribution >= 0.6 is 0 Å². The van der Waals surface area contributed by atoms with Gasteiger partial charge in [0.05, 0.1) is 11.6 Å². The second-order valence-corrected chi connectivity index (χ2v) is 6.87. The molecule has 152 valence electrons. The molecule has 2 aromatic carbocycles. The van der Waals surface area contributed by atoms with Gasteiger partial charge in [-0.25, -0.2) is 0 Å². The molecule has 0 unspecified atom stereocenters. The SMILES string of the molecule is CCN(CC)c1ccc(NC(=O)c2cc(Nc3ccc(C#N)cc3)ccn2)c(C)c1. The topological polar surface area (TPSA) is 81.0 Å². The molecule has 0 saturated heterocycles. The van der Waals surface area contributed by atoms with Gasteiger partial charge in [0.15, 0.2) is 0 Å². The van der Waals surface area contributed by atoms with Crippen molar-refractivity contribution in [2.45, 2.75) is 20.8 Å². The number of carbonyl (C=O) groups excluding carboxylic acids is 1. The Morgan fingerprint density at radius 1 is 1.03 bits per heavy atom. The summed E-state index contributed by atoms with van der Waals surface area (Å²) in [6.07, 6.45) is 1.59. The van der Waals surface area contributed by atoms with Crippen molar-refractivity contribution in [1.29, 1.82) is 5.26 Å². The second-order valence-electron chi connectivity index (χ2n) is 6.87. The van der Waals surface area contributed by atoms with E-state index in [-0.39, 0.29) is 5.91 Å². The molecule has 3 aromatic rings. The largest absolute Gasteiger partial charge is 0.372 e. The minimum Gasteiger partial charge on any atom is -0.372 e. The van der Waals surface area contributed by atoms with Gasteiger partial charge in [0.2, 0.25) is 0 Å². The number of carbonyl (C=O) groups is 1. The third kappa shape index (κ3) is 4.95. The lowest BCUT2D eigenvalue weighted by Crippen LogP contribution is -2.22. The van der Waals surface area contributed by atoms with Crippen molar-refractivity contribution in [1.82, 2.24) is 4.98 Å². The van der Waals surface area contributed by atoms with Crippen LogP contribution in [0.2, 0.25) is 0 Å². The summed E-state index contributed by atoms with van der Waals surface area (Å²) in [5.74, 6) is -0.267. The number of pyridine rings is 1. The fraction of sp³-hybridized carbons (Fsp3) is 0.208. The fourth-order valence-electron chi connectivity index (χ4n) is 3.19. The Bertz CT molecular complexity index is 1070. The van der Waals surface area contributed by atoms with Crippen LogP contribution in [0.1, 0.15) is 35.5 Å². The van der Waals surface area contributed by atoms with Crippen LogP contribution in [-0.2, 0) is 0 Å². The Hall–Kier alpha value is -3.85. The van der Waals surface area contributed by atoms with Gasteiger partial charge in [0, 0.05) is 42.0 Å². The summed E-state index contributed by atoms with van der Waals surface area (Å²) < 4.78 is 0. The molecular formula is C24H25N5O. The van der Waals surface area contributed by atoms with E-state index >= 15 is 0 Å². The summed E-state index contributed by atoms with van der Waals surface area (Å²) >= 11 is 0. The molecule has 30 heavy (non-hydrogen) atoms. The van der Waals surface area contributed by atoms with E-state index in [2.05, 4.69) is 46.5 Å². The molecule has 0 radical (unpaired) electrons. The Morgan fingerprint density at radius 2 is 1.77 bits per heavy atom. The highest BCUT2D eigenvalue weighted by molar-refractivity contribution is 6.04. The molecule has 1 amide bonds. The summed E-state index contributed by atoms with van der Waals surface area (Å²) in [6, 6.07) is 18.7. The fourth-order valence-corrected chi connectivity index (χ4v) is 3.19. The Balaban J connectivity index is 1.73. The van der Waals surface area contributed by atoms with Gasteiger partial charge in [-0.3, -0.25) is 9.78 Å². The number of benzene rings is 2. The van der Waals surface area contributed by atoms with Crippen molar-refractivity contribution in [3.05, 3.63) is 77.6 Å². The van der Waals surface area contributed by atoms with Gasteiger partial charge in [-0.15, -0.1) is 0 Å². The van der Waals surface area contributed by atoms with Crippen LogP contribution in [0.3, 0.4) is 0 Å². The molecule has 0 aliphatic heterocycles. The molecule has 0 aliphatic rings. The number of nitriles is 1. The highest BCUT2D eigenvalue weighted by Gasteiger charge is 2.11. The summed E-state index contributed by atoms with van der Waals surface area (Å²) in [5.41, 5.74) is 5.39.